The molecule has 1 unspecified atom stereocenters. The third kappa shape index (κ3) is 3.77. The van der Waals surface area contributed by atoms with Gasteiger partial charge in [-0.25, -0.2) is 4.99 Å². The lowest BCUT2D eigenvalue weighted by Crippen LogP contribution is -2.11. The number of hydrogen-bond acceptors (Lipinski definition) is 2. The molecule has 25 heavy (non-hydrogen) atoms. The number of halogens is 1. The number of ether oxygens (including phenoxy) is 1. The van der Waals surface area contributed by atoms with Crippen molar-refractivity contribution in [1.29, 1.82) is 0 Å². The summed E-state index contributed by atoms with van der Waals surface area (Å²) in [5.74, 6) is 0.736. The summed E-state index contributed by atoms with van der Waals surface area (Å²) in [5, 5.41) is 0.753. The molecule has 126 valence electrons. The van der Waals surface area contributed by atoms with E-state index in [2.05, 4.69) is 41.1 Å². The highest BCUT2D eigenvalue weighted by Gasteiger charge is 2.22. The fourth-order valence-electron chi connectivity index (χ4n) is 3.08. The van der Waals surface area contributed by atoms with Gasteiger partial charge in [-0.1, -0.05) is 54.1 Å². The zero-order valence-electron chi connectivity index (χ0n) is 13.8. The molecule has 4 heteroatoms. The van der Waals surface area contributed by atoms with Crippen molar-refractivity contribution >= 4 is 17.5 Å². The summed E-state index contributed by atoms with van der Waals surface area (Å²) in [6.07, 6.45) is 2.96. The van der Waals surface area contributed by atoms with Crippen LogP contribution in [0.15, 0.2) is 77.9 Å². The summed E-state index contributed by atoms with van der Waals surface area (Å²) in [6, 6.07) is 22.6. The van der Waals surface area contributed by atoms with E-state index in [-0.39, 0.29) is 6.04 Å². The topological polar surface area (TPSA) is 26.5 Å². The summed E-state index contributed by atoms with van der Waals surface area (Å²) in [5.41, 5.74) is 3.50. The monoisotopic (exact) mass is 350 g/mol. The average molecular weight is 351 g/mol. The second kappa shape index (κ2) is 7.16. The lowest BCUT2D eigenvalue weighted by atomic mass is 10.1. The second-order valence-electron chi connectivity index (χ2n) is 6.24. The molecule has 1 atom stereocenters. The molecule has 0 bridgehead atoms. The number of hydrogen-bond donors (Lipinski definition) is 0. The lowest BCUT2D eigenvalue weighted by molar-refractivity contribution is 0.315. The minimum absolute atomic E-state index is 0.177. The summed E-state index contributed by atoms with van der Waals surface area (Å²) in [7, 11) is 0. The van der Waals surface area contributed by atoms with E-state index in [1.807, 2.05) is 36.4 Å². The Hall–Kier alpha value is -2.52. The van der Waals surface area contributed by atoms with Gasteiger partial charge < -0.3 is 9.30 Å². The molecule has 3 aromatic rings. The fraction of sp³-hybridized carbons (Fsp3) is 0.190. The van der Waals surface area contributed by atoms with Gasteiger partial charge in [0.25, 0.3) is 0 Å². The van der Waals surface area contributed by atoms with E-state index in [9.17, 15) is 0 Å². The van der Waals surface area contributed by atoms with Crippen molar-refractivity contribution in [3.05, 3.63) is 94.8 Å². The Morgan fingerprint density at radius 2 is 1.76 bits per heavy atom. The molecule has 0 amide bonds. The van der Waals surface area contributed by atoms with Crippen LogP contribution >= 0.6 is 11.6 Å². The van der Waals surface area contributed by atoms with E-state index in [0.29, 0.717) is 6.61 Å². The van der Waals surface area contributed by atoms with E-state index in [0.717, 1.165) is 29.6 Å². The molecule has 0 spiro atoms. The Bertz CT molecular complexity index is 868. The van der Waals surface area contributed by atoms with Crippen LogP contribution in [0.1, 0.15) is 16.8 Å². The first-order valence-electron chi connectivity index (χ1n) is 8.42. The summed E-state index contributed by atoms with van der Waals surface area (Å²) < 4.78 is 8.05. The quantitative estimate of drug-likeness (QED) is 0.661. The zero-order chi connectivity index (χ0) is 17.1. The molecule has 0 saturated carbocycles. The van der Waals surface area contributed by atoms with Crippen molar-refractivity contribution in [2.45, 2.75) is 19.0 Å². The van der Waals surface area contributed by atoms with Crippen LogP contribution in [0, 0.1) is 0 Å². The third-order valence-corrected chi connectivity index (χ3v) is 4.59. The molecular weight excluding hydrogens is 332 g/mol. The van der Waals surface area contributed by atoms with Gasteiger partial charge in [0.2, 0.25) is 5.90 Å². The van der Waals surface area contributed by atoms with E-state index < -0.39 is 0 Å². The largest absolute Gasteiger partial charge is 0.474 e. The van der Waals surface area contributed by atoms with Crippen molar-refractivity contribution in [3.63, 3.8) is 0 Å². The van der Waals surface area contributed by atoms with Gasteiger partial charge in [0, 0.05) is 17.8 Å². The molecule has 1 aromatic heterocycles. The molecule has 2 aromatic carbocycles. The standard InChI is InChI=1S/C21H19ClN2O/c22-18-10-8-17(9-11-18)14-24-12-4-7-20(24)21-23-19(15-25-21)13-16-5-2-1-3-6-16/h1-12,19H,13-15H2. The van der Waals surface area contributed by atoms with Crippen LogP contribution in [0.3, 0.4) is 0 Å². The Balaban J connectivity index is 1.50. The first-order chi connectivity index (χ1) is 12.3. The fourth-order valence-corrected chi connectivity index (χ4v) is 3.20. The van der Waals surface area contributed by atoms with E-state index in [4.69, 9.17) is 21.3 Å². The Kier molecular flexibility index (Phi) is 4.57. The SMILES string of the molecule is Clc1ccc(Cn2cccc2C2=NC(Cc3ccccc3)CO2)cc1. The van der Waals surface area contributed by atoms with Crippen molar-refractivity contribution < 1.29 is 4.74 Å². The first kappa shape index (κ1) is 16.0. The minimum Gasteiger partial charge on any atom is -0.474 e. The van der Waals surface area contributed by atoms with Gasteiger partial charge in [-0.05, 0) is 41.8 Å². The highest BCUT2D eigenvalue weighted by molar-refractivity contribution is 6.30. The minimum atomic E-state index is 0.177. The third-order valence-electron chi connectivity index (χ3n) is 4.34. The number of rotatable bonds is 5. The van der Waals surface area contributed by atoms with Crippen molar-refractivity contribution in [1.82, 2.24) is 4.57 Å². The van der Waals surface area contributed by atoms with Crippen molar-refractivity contribution in [2.24, 2.45) is 4.99 Å². The summed E-state index contributed by atoms with van der Waals surface area (Å²) in [4.78, 5) is 4.79. The van der Waals surface area contributed by atoms with Gasteiger partial charge in [-0.3, -0.25) is 0 Å². The molecule has 0 fully saturated rings. The number of aromatic nitrogens is 1. The predicted octanol–water partition coefficient (Wildman–Crippen LogP) is 4.58. The molecule has 1 aliphatic heterocycles. The zero-order valence-corrected chi connectivity index (χ0v) is 14.6. The Morgan fingerprint density at radius 1 is 0.960 bits per heavy atom. The highest BCUT2D eigenvalue weighted by Crippen LogP contribution is 2.18. The van der Waals surface area contributed by atoms with E-state index in [1.54, 1.807) is 0 Å². The molecular formula is C21H19ClN2O. The Morgan fingerprint density at radius 3 is 2.56 bits per heavy atom. The normalized spacial score (nSPS) is 16.5. The Labute approximate surface area is 152 Å². The molecule has 2 heterocycles. The molecule has 0 radical (unpaired) electrons. The van der Waals surface area contributed by atoms with Crippen LogP contribution in [-0.2, 0) is 17.7 Å². The van der Waals surface area contributed by atoms with Gasteiger partial charge in [0.1, 0.15) is 12.3 Å². The molecule has 3 nitrogen and oxygen atoms in total. The van der Waals surface area contributed by atoms with Crippen molar-refractivity contribution in [3.8, 4) is 0 Å². The second-order valence-corrected chi connectivity index (χ2v) is 6.67. The summed E-state index contributed by atoms with van der Waals surface area (Å²) in [6.45, 7) is 1.40. The first-order valence-corrected chi connectivity index (χ1v) is 8.80. The van der Waals surface area contributed by atoms with Gasteiger partial charge in [-0.15, -0.1) is 0 Å². The smallest absolute Gasteiger partial charge is 0.233 e. The van der Waals surface area contributed by atoms with E-state index >= 15 is 0 Å². The van der Waals surface area contributed by atoms with Gasteiger partial charge in [0.05, 0.1) is 6.04 Å². The highest BCUT2D eigenvalue weighted by atomic mass is 35.5. The maximum absolute atomic E-state index is 5.97. The maximum atomic E-state index is 5.97. The molecule has 0 saturated heterocycles. The van der Waals surface area contributed by atoms with Crippen LogP contribution in [0.4, 0.5) is 0 Å². The molecule has 0 aliphatic carbocycles. The predicted molar refractivity (Wildman–Crippen MR) is 101 cm³/mol. The van der Waals surface area contributed by atoms with Crippen LogP contribution in [0.25, 0.3) is 0 Å². The molecule has 1 aliphatic rings. The maximum Gasteiger partial charge on any atom is 0.233 e. The summed E-state index contributed by atoms with van der Waals surface area (Å²) >= 11 is 5.97. The lowest BCUT2D eigenvalue weighted by Gasteiger charge is -2.09. The van der Waals surface area contributed by atoms with Crippen LogP contribution in [-0.4, -0.2) is 23.1 Å². The number of aliphatic imine (C=N–C) groups is 1. The van der Waals surface area contributed by atoms with Crippen molar-refractivity contribution in [2.75, 3.05) is 6.61 Å². The van der Waals surface area contributed by atoms with Crippen LogP contribution in [0.2, 0.25) is 5.02 Å². The molecule has 0 N–H and O–H groups in total. The van der Waals surface area contributed by atoms with E-state index in [1.165, 1.54) is 11.1 Å². The van der Waals surface area contributed by atoms with Gasteiger partial charge in [0.15, 0.2) is 0 Å². The van der Waals surface area contributed by atoms with Gasteiger partial charge >= 0.3 is 0 Å². The van der Waals surface area contributed by atoms with Gasteiger partial charge in [-0.2, -0.15) is 0 Å². The van der Waals surface area contributed by atoms with Crippen LogP contribution < -0.4 is 0 Å². The number of nitrogens with zero attached hydrogens (tertiary/aromatic N) is 2. The number of benzene rings is 2. The average Bonchev–Trinajstić information content (AvgIpc) is 3.27. The van der Waals surface area contributed by atoms with Crippen LogP contribution in [0.5, 0.6) is 0 Å². The molecule has 4 rings (SSSR count).